The first-order valence-electron chi connectivity index (χ1n) is 6.51. The van der Waals surface area contributed by atoms with E-state index in [1.165, 1.54) is 31.2 Å². The number of unbranched alkanes of at least 4 members (excludes halogenated alkanes) is 3. The summed E-state index contributed by atoms with van der Waals surface area (Å²) in [5, 5.41) is 9.13. The van der Waals surface area contributed by atoms with Crippen LogP contribution in [0.2, 0.25) is 0 Å². The van der Waals surface area contributed by atoms with Crippen LogP contribution in [0.1, 0.15) is 43.7 Å². The van der Waals surface area contributed by atoms with Crippen molar-refractivity contribution in [2.45, 2.75) is 45.1 Å². The zero-order chi connectivity index (χ0) is 13.2. The molecule has 0 saturated heterocycles. The molecule has 1 aromatic rings. The van der Waals surface area contributed by atoms with Gasteiger partial charge in [-0.2, -0.15) is 0 Å². The summed E-state index contributed by atoms with van der Waals surface area (Å²) in [5.41, 5.74) is 2.23. The Morgan fingerprint density at radius 2 is 1.89 bits per heavy atom. The van der Waals surface area contributed by atoms with Crippen molar-refractivity contribution in [2.24, 2.45) is 0 Å². The van der Waals surface area contributed by atoms with Crippen LogP contribution in [-0.2, 0) is 6.42 Å². The van der Waals surface area contributed by atoms with Gasteiger partial charge in [0.05, 0.1) is 0 Å². The van der Waals surface area contributed by atoms with Gasteiger partial charge in [-0.25, -0.2) is 0 Å². The maximum atomic E-state index is 9.13. The van der Waals surface area contributed by atoms with Gasteiger partial charge in [-0.1, -0.05) is 56.1 Å². The zero-order valence-corrected chi connectivity index (χ0v) is 10.9. The Morgan fingerprint density at radius 1 is 1.17 bits per heavy atom. The molecule has 1 atom stereocenters. The lowest BCUT2D eigenvalue weighted by molar-refractivity contribution is 0.290. The van der Waals surface area contributed by atoms with Gasteiger partial charge in [0, 0.05) is 5.56 Å². The van der Waals surface area contributed by atoms with E-state index in [9.17, 15) is 0 Å². The maximum absolute atomic E-state index is 9.13. The molecule has 0 radical (unpaired) electrons. The minimum atomic E-state index is -0.973. The van der Waals surface area contributed by atoms with Crippen LogP contribution >= 0.6 is 0 Å². The molecule has 1 unspecified atom stereocenters. The second-order valence-electron chi connectivity index (χ2n) is 4.35. The summed E-state index contributed by atoms with van der Waals surface area (Å²) < 4.78 is 0. The van der Waals surface area contributed by atoms with E-state index in [-0.39, 0.29) is 0 Å². The van der Waals surface area contributed by atoms with Gasteiger partial charge in [0.15, 0.2) is 6.10 Å². The van der Waals surface area contributed by atoms with E-state index in [2.05, 4.69) is 36.8 Å². The highest BCUT2D eigenvalue weighted by atomic mass is 16.3. The average Bonchev–Trinajstić information content (AvgIpc) is 2.42. The number of terminal acetylenes is 1. The molecule has 0 bridgehead atoms. The van der Waals surface area contributed by atoms with Crippen molar-refractivity contribution in [3.63, 3.8) is 0 Å². The van der Waals surface area contributed by atoms with Crippen molar-refractivity contribution in [1.82, 2.24) is 0 Å². The third kappa shape index (κ3) is 5.58. The third-order valence-corrected chi connectivity index (χ3v) is 2.78. The number of hydrogen-bond donors (Lipinski definition) is 1. The fourth-order valence-electron chi connectivity index (χ4n) is 1.70. The molecule has 94 valence electrons. The Balaban J connectivity index is 2.47. The molecular formula is C17H20O. The summed E-state index contributed by atoms with van der Waals surface area (Å²) in [6, 6.07) is 8.15. The monoisotopic (exact) mass is 240 g/mol. The van der Waals surface area contributed by atoms with Crippen molar-refractivity contribution in [3.05, 3.63) is 35.4 Å². The topological polar surface area (TPSA) is 20.2 Å². The largest absolute Gasteiger partial charge is 0.369 e. The number of hydrogen-bond acceptors (Lipinski definition) is 1. The summed E-state index contributed by atoms with van der Waals surface area (Å²) in [4.78, 5) is 0. The van der Waals surface area contributed by atoms with E-state index in [0.717, 1.165) is 12.0 Å². The van der Waals surface area contributed by atoms with Gasteiger partial charge in [0.1, 0.15) is 0 Å². The Hall–Kier alpha value is -1.70. The molecule has 1 aromatic carbocycles. The average molecular weight is 240 g/mol. The molecule has 0 amide bonds. The smallest absolute Gasteiger partial charge is 0.176 e. The highest BCUT2D eigenvalue weighted by Gasteiger charge is 1.94. The molecule has 0 fully saturated rings. The minimum absolute atomic E-state index is 0.890. The Labute approximate surface area is 110 Å². The Bertz CT molecular complexity index is 439. The van der Waals surface area contributed by atoms with Crippen molar-refractivity contribution in [1.29, 1.82) is 0 Å². The number of aliphatic hydroxyl groups excluding tert-OH is 1. The summed E-state index contributed by atoms with van der Waals surface area (Å²) in [5.74, 6) is 7.62. The van der Waals surface area contributed by atoms with Crippen LogP contribution in [0.25, 0.3) is 0 Å². The molecule has 0 aromatic heterocycles. The third-order valence-electron chi connectivity index (χ3n) is 2.78. The lowest BCUT2D eigenvalue weighted by Crippen LogP contribution is -1.96. The molecule has 1 heteroatoms. The van der Waals surface area contributed by atoms with Gasteiger partial charge in [-0.15, -0.1) is 6.42 Å². The maximum Gasteiger partial charge on any atom is 0.176 e. The molecular weight excluding hydrogens is 220 g/mol. The van der Waals surface area contributed by atoms with Crippen LogP contribution < -0.4 is 0 Å². The fourth-order valence-corrected chi connectivity index (χ4v) is 1.70. The van der Waals surface area contributed by atoms with E-state index in [1.807, 2.05) is 12.1 Å². The van der Waals surface area contributed by atoms with Crippen molar-refractivity contribution >= 4 is 0 Å². The van der Waals surface area contributed by atoms with E-state index in [0.29, 0.717) is 0 Å². The number of aryl methyl sites for hydroxylation is 1. The van der Waals surface area contributed by atoms with Crippen LogP contribution in [-0.4, -0.2) is 11.2 Å². The summed E-state index contributed by atoms with van der Waals surface area (Å²) in [7, 11) is 0. The van der Waals surface area contributed by atoms with Crippen molar-refractivity contribution < 1.29 is 5.11 Å². The molecule has 0 aliphatic rings. The van der Waals surface area contributed by atoms with Crippen LogP contribution in [0, 0.1) is 24.2 Å². The molecule has 0 spiro atoms. The molecule has 1 N–H and O–H groups in total. The predicted octanol–water partition coefficient (Wildman–Crippen LogP) is 3.16. The second kappa shape index (κ2) is 8.40. The molecule has 1 rings (SSSR count). The molecule has 0 aliphatic heterocycles. The van der Waals surface area contributed by atoms with Gasteiger partial charge < -0.3 is 5.11 Å². The van der Waals surface area contributed by atoms with Gasteiger partial charge in [-0.05, 0) is 30.5 Å². The highest BCUT2D eigenvalue weighted by Crippen LogP contribution is 2.09. The van der Waals surface area contributed by atoms with E-state index >= 15 is 0 Å². The van der Waals surface area contributed by atoms with Crippen LogP contribution in [0.4, 0.5) is 0 Å². The number of rotatable bonds is 5. The molecule has 0 aliphatic carbocycles. The number of aliphatic hydroxyl groups is 1. The minimum Gasteiger partial charge on any atom is -0.369 e. The molecule has 1 nitrogen and oxygen atoms in total. The zero-order valence-electron chi connectivity index (χ0n) is 10.9. The van der Waals surface area contributed by atoms with Crippen LogP contribution in [0.3, 0.4) is 0 Å². The highest BCUT2D eigenvalue weighted by molar-refractivity contribution is 5.37. The normalized spacial score (nSPS) is 11.2. The SMILES string of the molecule is C#CC(O)C#Cc1ccc(CCCCCC)cc1. The number of benzene rings is 1. The first-order valence-corrected chi connectivity index (χ1v) is 6.51. The first kappa shape index (κ1) is 14.4. The quantitative estimate of drug-likeness (QED) is 0.619. The molecule has 0 heterocycles. The Morgan fingerprint density at radius 3 is 2.50 bits per heavy atom. The fraction of sp³-hybridized carbons (Fsp3) is 0.412. The summed E-state index contributed by atoms with van der Waals surface area (Å²) in [6.07, 6.45) is 10.3. The Kier molecular flexibility index (Phi) is 6.70. The van der Waals surface area contributed by atoms with Gasteiger partial charge in [0.2, 0.25) is 0 Å². The first-order chi connectivity index (χ1) is 8.76. The summed E-state index contributed by atoms with van der Waals surface area (Å²) >= 11 is 0. The molecule has 18 heavy (non-hydrogen) atoms. The lowest BCUT2D eigenvalue weighted by atomic mass is 10.0. The standard InChI is InChI=1S/C17H20O/c1-3-5-6-7-8-15-9-11-16(12-10-15)13-14-17(18)4-2/h2,9-12,17-18H,3,5-8H2,1H3. The second-order valence-corrected chi connectivity index (χ2v) is 4.35. The van der Waals surface area contributed by atoms with Gasteiger partial charge in [0.25, 0.3) is 0 Å². The van der Waals surface area contributed by atoms with Gasteiger partial charge >= 0.3 is 0 Å². The van der Waals surface area contributed by atoms with E-state index in [4.69, 9.17) is 11.5 Å². The summed E-state index contributed by atoms with van der Waals surface area (Å²) in [6.45, 7) is 2.22. The molecule has 0 saturated carbocycles. The van der Waals surface area contributed by atoms with Gasteiger partial charge in [-0.3, -0.25) is 0 Å². The van der Waals surface area contributed by atoms with E-state index < -0.39 is 6.10 Å². The van der Waals surface area contributed by atoms with Crippen LogP contribution in [0.15, 0.2) is 24.3 Å². The van der Waals surface area contributed by atoms with Crippen molar-refractivity contribution in [3.8, 4) is 24.2 Å². The van der Waals surface area contributed by atoms with Crippen molar-refractivity contribution in [2.75, 3.05) is 0 Å². The lowest BCUT2D eigenvalue weighted by Gasteiger charge is -2.01. The van der Waals surface area contributed by atoms with Crippen LogP contribution in [0.5, 0.6) is 0 Å². The predicted molar refractivity (Wildman–Crippen MR) is 76.0 cm³/mol. The van der Waals surface area contributed by atoms with E-state index in [1.54, 1.807) is 0 Å².